The molecule has 4 nitrogen and oxygen atoms in total. The molecule has 0 amide bonds. The first-order chi connectivity index (χ1) is 16.6. The van der Waals surface area contributed by atoms with Crippen molar-refractivity contribution >= 4 is 11.6 Å². The van der Waals surface area contributed by atoms with Gasteiger partial charge in [0.05, 0.1) is 6.61 Å². The zero-order chi connectivity index (χ0) is 23.8. The minimum atomic E-state index is -0.326. The van der Waals surface area contributed by atoms with E-state index in [1.54, 1.807) is 12.1 Å². The highest BCUT2D eigenvalue weighted by Crippen LogP contribution is 2.21. The predicted octanol–water partition coefficient (Wildman–Crippen LogP) is 5.81. The summed E-state index contributed by atoms with van der Waals surface area (Å²) in [6, 6.07) is 22.4. The molecule has 5 heteroatoms. The number of ketones is 2. The molecule has 0 bridgehead atoms. The van der Waals surface area contributed by atoms with Crippen LogP contribution in [0.1, 0.15) is 52.0 Å². The number of benzene rings is 3. The van der Waals surface area contributed by atoms with Crippen LogP contribution in [0, 0.1) is 11.7 Å². The number of hydrogen-bond donors (Lipinski definition) is 0. The molecule has 4 rings (SSSR count). The first-order valence-electron chi connectivity index (χ1n) is 11.9. The Balaban J connectivity index is 1.23. The summed E-state index contributed by atoms with van der Waals surface area (Å²) in [4.78, 5) is 27.4. The van der Waals surface area contributed by atoms with Gasteiger partial charge in [0.2, 0.25) is 0 Å². The minimum Gasteiger partial charge on any atom is -0.493 e. The molecule has 3 aromatic carbocycles. The number of likely N-dealkylation sites (tertiary alicyclic amines) is 1. The minimum absolute atomic E-state index is 0.00919. The van der Waals surface area contributed by atoms with Crippen LogP contribution in [0.5, 0.6) is 5.75 Å². The number of nitrogens with zero attached hydrogens (tertiary/aromatic N) is 1. The Morgan fingerprint density at radius 2 is 1.68 bits per heavy atom. The number of ether oxygens (including phenoxy) is 1. The van der Waals surface area contributed by atoms with Crippen LogP contribution in [-0.4, -0.2) is 42.7 Å². The summed E-state index contributed by atoms with van der Waals surface area (Å²) in [6.07, 6.45) is 3.46. The van der Waals surface area contributed by atoms with Crippen LogP contribution in [-0.2, 0) is 0 Å². The second-order valence-corrected chi connectivity index (χ2v) is 8.88. The monoisotopic (exact) mass is 459 g/mol. The highest BCUT2D eigenvalue weighted by atomic mass is 19.1. The van der Waals surface area contributed by atoms with Crippen molar-refractivity contribution in [3.8, 4) is 5.75 Å². The lowest BCUT2D eigenvalue weighted by atomic mass is 9.98. The highest BCUT2D eigenvalue weighted by molar-refractivity contribution is 6.09. The van der Waals surface area contributed by atoms with Gasteiger partial charge in [0.1, 0.15) is 11.6 Å². The Morgan fingerprint density at radius 1 is 0.912 bits per heavy atom. The third-order valence-corrected chi connectivity index (χ3v) is 6.27. The van der Waals surface area contributed by atoms with Gasteiger partial charge in [-0.3, -0.25) is 9.59 Å². The Labute approximate surface area is 200 Å². The van der Waals surface area contributed by atoms with E-state index in [1.165, 1.54) is 12.1 Å². The molecular weight excluding hydrogens is 429 g/mol. The molecule has 34 heavy (non-hydrogen) atoms. The number of hydrogen-bond acceptors (Lipinski definition) is 4. The van der Waals surface area contributed by atoms with Gasteiger partial charge in [-0.2, -0.15) is 0 Å². The molecule has 1 aliphatic heterocycles. The number of carbonyl (C=O) groups is 2. The zero-order valence-corrected chi connectivity index (χ0v) is 19.3. The lowest BCUT2D eigenvalue weighted by Gasteiger charge is -2.32. The summed E-state index contributed by atoms with van der Waals surface area (Å²) in [6.45, 7) is 3.44. The Hall–Kier alpha value is -3.31. The van der Waals surface area contributed by atoms with Gasteiger partial charge in [-0.15, -0.1) is 0 Å². The summed E-state index contributed by atoms with van der Waals surface area (Å²) in [5.41, 5.74) is 1.86. The van der Waals surface area contributed by atoms with Gasteiger partial charge in [-0.1, -0.05) is 42.5 Å². The number of piperidine rings is 1. The van der Waals surface area contributed by atoms with Crippen molar-refractivity contribution in [1.29, 1.82) is 0 Å². The van der Waals surface area contributed by atoms with Gasteiger partial charge in [-0.05, 0) is 68.8 Å². The van der Waals surface area contributed by atoms with Crippen molar-refractivity contribution in [2.45, 2.75) is 25.7 Å². The maximum absolute atomic E-state index is 13.0. The second-order valence-electron chi connectivity index (χ2n) is 8.88. The van der Waals surface area contributed by atoms with E-state index in [9.17, 15) is 14.0 Å². The molecule has 1 aliphatic rings. The molecular formula is C29H30FNO3. The molecule has 176 valence electrons. The standard InChI is InChI=1S/C29H30FNO3/c30-26-15-13-23(14-16-26)28(32)12-6-18-31-17-5-7-22(20-31)21-34-27-11-4-10-25(19-27)29(33)24-8-2-1-3-9-24/h1-4,8-11,13-16,19,22H,5-7,12,17-18,20-21H2. The van der Waals surface area contributed by atoms with Gasteiger partial charge >= 0.3 is 0 Å². The van der Waals surface area contributed by atoms with Crippen LogP contribution in [0.2, 0.25) is 0 Å². The van der Waals surface area contributed by atoms with Crippen molar-refractivity contribution in [1.82, 2.24) is 4.90 Å². The number of Topliss-reactive ketones (excluding diaryl/α,β-unsaturated/α-hetero) is 1. The first kappa shape index (κ1) is 23.8. The number of halogens is 1. The van der Waals surface area contributed by atoms with Gasteiger partial charge < -0.3 is 9.64 Å². The van der Waals surface area contributed by atoms with Crippen LogP contribution in [0.3, 0.4) is 0 Å². The second kappa shape index (κ2) is 11.7. The van der Waals surface area contributed by atoms with Crippen molar-refractivity contribution < 1.29 is 18.7 Å². The average molecular weight is 460 g/mol. The fourth-order valence-corrected chi connectivity index (χ4v) is 4.43. The molecule has 0 N–H and O–H groups in total. The SMILES string of the molecule is O=C(CCCN1CCCC(COc2cccc(C(=O)c3ccccc3)c2)C1)c1ccc(F)cc1. The van der Waals surface area contributed by atoms with Gasteiger partial charge in [0, 0.05) is 35.6 Å². The zero-order valence-electron chi connectivity index (χ0n) is 19.3. The number of carbonyl (C=O) groups excluding carboxylic acids is 2. The molecule has 0 saturated carbocycles. The van der Waals surface area contributed by atoms with E-state index in [4.69, 9.17) is 4.74 Å². The fourth-order valence-electron chi connectivity index (χ4n) is 4.43. The largest absolute Gasteiger partial charge is 0.493 e. The van der Waals surface area contributed by atoms with Crippen LogP contribution < -0.4 is 4.74 Å². The van der Waals surface area contributed by atoms with E-state index in [1.807, 2.05) is 54.6 Å². The van der Waals surface area contributed by atoms with Crippen molar-refractivity contribution in [3.05, 3.63) is 101 Å². The van der Waals surface area contributed by atoms with E-state index in [0.717, 1.165) is 38.9 Å². The van der Waals surface area contributed by atoms with Crippen LogP contribution in [0.25, 0.3) is 0 Å². The summed E-state index contributed by atoms with van der Waals surface area (Å²) in [7, 11) is 0. The summed E-state index contributed by atoms with van der Waals surface area (Å²) >= 11 is 0. The lowest BCUT2D eigenvalue weighted by Crippen LogP contribution is -2.38. The van der Waals surface area contributed by atoms with Gasteiger partial charge in [0.15, 0.2) is 11.6 Å². The predicted molar refractivity (Wildman–Crippen MR) is 131 cm³/mol. The van der Waals surface area contributed by atoms with Crippen molar-refractivity contribution in [3.63, 3.8) is 0 Å². The maximum Gasteiger partial charge on any atom is 0.193 e. The normalized spacial score (nSPS) is 16.2. The third kappa shape index (κ3) is 6.61. The first-order valence-corrected chi connectivity index (χ1v) is 11.9. The van der Waals surface area contributed by atoms with Gasteiger partial charge in [0.25, 0.3) is 0 Å². The lowest BCUT2D eigenvalue weighted by molar-refractivity contribution is 0.0960. The molecule has 1 atom stereocenters. The van der Waals surface area contributed by atoms with Gasteiger partial charge in [-0.25, -0.2) is 4.39 Å². The van der Waals surface area contributed by atoms with E-state index in [-0.39, 0.29) is 17.4 Å². The molecule has 0 spiro atoms. The fraction of sp³-hybridized carbons (Fsp3) is 0.310. The molecule has 1 fully saturated rings. The van der Waals surface area contributed by atoms with Crippen LogP contribution in [0.15, 0.2) is 78.9 Å². The molecule has 1 heterocycles. The van der Waals surface area contributed by atoms with Crippen molar-refractivity contribution in [2.75, 3.05) is 26.2 Å². The molecule has 1 unspecified atom stereocenters. The maximum atomic E-state index is 13.0. The van der Waals surface area contributed by atoms with E-state index >= 15 is 0 Å². The Morgan fingerprint density at radius 3 is 2.47 bits per heavy atom. The number of rotatable bonds is 10. The summed E-state index contributed by atoms with van der Waals surface area (Å²) < 4.78 is 19.1. The molecule has 0 aliphatic carbocycles. The van der Waals surface area contributed by atoms with Crippen LogP contribution >= 0.6 is 0 Å². The Kier molecular flexibility index (Phi) is 8.21. The summed E-state index contributed by atoms with van der Waals surface area (Å²) in [5.74, 6) is 0.846. The molecule has 3 aromatic rings. The quantitative estimate of drug-likeness (QED) is 0.359. The summed E-state index contributed by atoms with van der Waals surface area (Å²) in [5, 5.41) is 0. The highest BCUT2D eigenvalue weighted by Gasteiger charge is 2.21. The smallest absolute Gasteiger partial charge is 0.193 e. The molecule has 1 saturated heterocycles. The average Bonchev–Trinajstić information content (AvgIpc) is 2.88. The van der Waals surface area contributed by atoms with E-state index in [0.29, 0.717) is 41.4 Å². The molecule has 0 aromatic heterocycles. The van der Waals surface area contributed by atoms with Crippen molar-refractivity contribution in [2.24, 2.45) is 5.92 Å². The topological polar surface area (TPSA) is 46.6 Å². The van der Waals surface area contributed by atoms with E-state index in [2.05, 4.69) is 4.90 Å². The van der Waals surface area contributed by atoms with E-state index < -0.39 is 0 Å². The van der Waals surface area contributed by atoms with Crippen LogP contribution in [0.4, 0.5) is 4.39 Å². The third-order valence-electron chi connectivity index (χ3n) is 6.27. The Bertz CT molecular complexity index is 1100. The molecule has 0 radical (unpaired) electrons.